The number of alkyl halides is 12. The van der Waals surface area contributed by atoms with Crippen LogP contribution in [-0.2, 0) is 10.1 Å². The molecule has 10 unspecified atom stereocenters. The smallest absolute Gasteiger partial charge is 0.272 e. The van der Waals surface area contributed by atoms with Crippen LogP contribution in [0.1, 0.15) is 27.7 Å². The van der Waals surface area contributed by atoms with E-state index in [2.05, 4.69) is 27.7 Å². The van der Waals surface area contributed by atoms with Gasteiger partial charge in [0.05, 0.1) is 42.1 Å². The van der Waals surface area contributed by atoms with Gasteiger partial charge in [-0.1, -0.05) is 0 Å². The molecular formula is C20H33F12NO3S. The highest BCUT2D eigenvalue weighted by Crippen LogP contribution is 2.30. The number of hydrogen-bond donors (Lipinski definition) is 0. The first-order valence-corrected chi connectivity index (χ1v) is 12.8. The van der Waals surface area contributed by atoms with Crippen molar-refractivity contribution in [3.63, 3.8) is 0 Å². The monoisotopic (exact) mass is 595 g/mol. The van der Waals surface area contributed by atoms with E-state index < -0.39 is 84.0 Å². The van der Waals surface area contributed by atoms with Gasteiger partial charge in [0.1, 0.15) is 6.17 Å². The summed E-state index contributed by atoms with van der Waals surface area (Å²) in [6.45, 7) is 14.2. The van der Waals surface area contributed by atoms with Gasteiger partial charge in [-0.2, -0.15) is 0 Å². The molecule has 10 atom stereocenters. The summed E-state index contributed by atoms with van der Waals surface area (Å²) in [5, 5.41) is 0. The van der Waals surface area contributed by atoms with Crippen LogP contribution in [-0.4, -0.2) is 118 Å². The van der Waals surface area contributed by atoms with Gasteiger partial charge >= 0.3 is 0 Å². The van der Waals surface area contributed by atoms with Gasteiger partial charge in [0, 0.05) is 0 Å². The number of nitrogens with zero attached hydrogens (tertiary/aromatic N) is 1. The Hall–Kier alpha value is -0.970. The summed E-state index contributed by atoms with van der Waals surface area (Å²) in [4.78, 5) is 0. The Kier molecular flexibility index (Phi) is 17.4. The highest BCUT2D eigenvalue weighted by Gasteiger charge is 2.50. The molecule has 0 N–H and O–H groups in total. The third kappa shape index (κ3) is 12.2. The molecule has 37 heavy (non-hydrogen) atoms. The summed E-state index contributed by atoms with van der Waals surface area (Å²) in [5.74, 6) is -2.22. The highest BCUT2D eigenvalue weighted by atomic mass is 32.2. The number of hydrogen-bond acceptors (Lipinski definition) is 3. The average molecular weight is 596 g/mol. The molecule has 0 spiro atoms. The van der Waals surface area contributed by atoms with E-state index in [1.165, 1.54) is 30.7 Å². The lowest BCUT2D eigenvalue weighted by Gasteiger charge is -2.34. The number of halogens is 12. The molecule has 17 heteroatoms. The SMILES string of the molecule is CC[N+](CC)(CC)CC.O=S(=O)([O-])CC(F)C(F)C(F)C(F)C(F)C(F)C(F)C(F)C(F)C(F)C(F)F. The Morgan fingerprint density at radius 1 is 0.514 bits per heavy atom. The van der Waals surface area contributed by atoms with Crippen molar-refractivity contribution >= 4 is 10.1 Å². The Morgan fingerprint density at radius 3 is 0.946 bits per heavy atom. The highest BCUT2D eigenvalue weighted by molar-refractivity contribution is 7.85. The largest absolute Gasteiger partial charge is 0.748 e. The minimum absolute atomic E-state index is 1.28. The molecule has 0 saturated heterocycles. The van der Waals surface area contributed by atoms with E-state index >= 15 is 0 Å². The maximum absolute atomic E-state index is 13.4. The minimum atomic E-state index is -5.48. The van der Waals surface area contributed by atoms with Crippen molar-refractivity contribution in [1.82, 2.24) is 0 Å². The minimum Gasteiger partial charge on any atom is -0.748 e. The molecule has 0 saturated carbocycles. The second-order valence-electron chi connectivity index (χ2n) is 8.18. The first kappa shape index (κ1) is 38.2. The van der Waals surface area contributed by atoms with Gasteiger partial charge in [-0.3, -0.25) is 0 Å². The second-order valence-corrected chi connectivity index (χ2v) is 9.63. The summed E-state index contributed by atoms with van der Waals surface area (Å²) < 4.78 is 187. The lowest BCUT2D eigenvalue weighted by Crippen LogP contribution is -2.50. The maximum atomic E-state index is 13.4. The molecule has 0 aromatic heterocycles. The van der Waals surface area contributed by atoms with Crippen molar-refractivity contribution in [1.29, 1.82) is 0 Å². The van der Waals surface area contributed by atoms with Gasteiger partial charge in [0.25, 0.3) is 6.43 Å². The molecule has 0 radical (unpaired) electrons. The predicted octanol–water partition coefficient (Wildman–Crippen LogP) is 5.06. The zero-order valence-electron chi connectivity index (χ0n) is 20.5. The topological polar surface area (TPSA) is 57.2 Å². The van der Waals surface area contributed by atoms with Gasteiger partial charge in [-0.25, -0.2) is 61.1 Å². The molecule has 0 amide bonds. The fourth-order valence-corrected chi connectivity index (χ4v) is 3.77. The van der Waals surface area contributed by atoms with Crippen LogP contribution in [0.25, 0.3) is 0 Å². The van der Waals surface area contributed by atoms with E-state index in [1.807, 2.05) is 0 Å². The summed E-state index contributed by atoms with van der Waals surface area (Å²) in [5.41, 5.74) is 0. The first-order chi connectivity index (χ1) is 16.8. The molecule has 0 rings (SSSR count). The van der Waals surface area contributed by atoms with E-state index in [1.54, 1.807) is 0 Å². The Balaban J connectivity index is 0. The van der Waals surface area contributed by atoms with Gasteiger partial charge in [0.15, 0.2) is 55.5 Å². The normalized spacial score (nSPS) is 21.0. The molecule has 0 aliphatic carbocycles. The van der Waals surface area contributed by atoms with Crippen LogP contribution in [0.3, 0.4) is 0 Å². The Morgan fingerprint density at radius 2 is 0.757 bits per heavy atom. The van der Waals surface area contributed by atoms with E-state index in [4.69, 9.17) is 0 Å². The molecule has 4 nitrogen and oxygen atoms in total. The zero-order valence-corrected chi connectivity index (χ0v) is 21.3. The molecule has 0 fully saturated rings. The number of quaternary nitrogens is 1. The summed E-state index contributed by atoms with van der Waals surface area (Å²) in [7, 11) is -5.48. The fourth-order valence-electron chi connectivity index (χ4n) is 3.20. The average Bonchev–Trinajstić information content (AvgIpc) is 2.85. The van der Waals surface area contributed by atoms with Crippen LogP contribution in [0.15, 0.2) is 0 Å². The van der Waals surface area contributed by atoms with E-state index in [-0.39, 0.29) is 0 Å². The van der Waals surface area contributed by atoms with Crippen LogP contribution in [0.4, 0.5) is 52.7 Å². The van der Waals surface area contributed by atoms with E-state index in [9.17, 15) is 65.7 Å². The first-order valence-electron chi connectivity index (χ1n) is 11.2. The lowest BCUT2D eigenvalue weighted by molar-refractivity contribution is -0.921. The molecule has 0 aliphatic rings. The third-order valence-electron chi connectivity index (χ3n) is 6.07. The van der Waals surface area contributed by atoms with E-state index in [0.29, 0.717) is 0 Å². The summed E-state index contributed by atoms with van der Waals surface area (Å²) in [6, 6.07) is 0. The predicted molar refractivity (Wildman–Crippen MR) is 112 cm³/mol. The van der Waals surface area contributed by atoms with Crippen LogP contribution >= 0.6 is 0 Å². The molecular weight excluding hydrogens is 562 g/mol. The quantitative estimate of drug-likeness (QED) is 0.143. The Labute approximate surface area is 208 Å². The van der Waals surface area contributed by atoms with Crippen molar-refractivity contribution in [2.75, 3.05) is 31.9 Å². The molecule has 0 heterocycles. The van der Waals surface area contributed by atoms with Gasteiger partial charge in [-0.05, 0) is 27.7 Å². The standard InChI is InChI=1S/C12H14F12O3S.C8H20N/c13-2(1-28(25,26)27)3(14)4(15)5(16)6(17)7(18)8(19)9(20)10(21)11(22)12(23)24;1-5-9(6-2,7-3)8-4/h2-12H,1H2,(H,25,26,27);5-8H2,1-4H3/q;+1/p-1. The van der Waals surface area contributed by atoms with Crippen LogP contribution in [0, 0.1) is 0 Å². The van der Waals surface area contributed by atoms with Gasteiger partial charge in [0.2, 0.25) is 0 Å². The van der Waals surface area contributed by atoms with Crippen LogP contribution in [0.2, 0.25) is 0 Å². The van der Waals surface area contributed by atoms with Crippen molar-refractivity contribution in [2.24, 2.45) is 0 Å². The molecule has 0 aromatic rings. The third-order valence-corrected chi connectivity index (χ3v) is 6.79. The zero-order chi connectivity index (χ0) is 29.9. The lowest BCUT2D eigenvalue weighted by atomic mass is 9.96. The van der Waals surface area contributed by atoms with Crippen molar-refractivity contribution < 1.29 is 70.1 Å². The molecule has 0 aliphatic heterocycles. The van der Waals surface area contributed by atoms with Crippen molar-refractivity contribution in [3.05, 3.63) is 0 Å². The molecule has 0 aromatic carbocycles. The molecule has 0 bridgehead atoms. The molecule has 226 valence electrons. The van der Waals surface area contributed by atoms with Crippen LogP contribution < -0.4 is 0 Å². The van der Waals surface area contributed by atoms with E-state index in [0.717, 1.165) is 0 Å². The summed E-state index contributed by atoms with van der Waals surface area (Å²) >= 11 is 0. The van der Waals surface area contributed by atoms with Crippen LogP contribution in [0.5, 0.6) is 0 Å². The second kappa shape index (κ2) is 16.9. The maximum Gasteiger partial charge on any atom is 0.272 e. The fraction of sp³-hybridized carbons (Fsp3) is 1.00. The van der Waals surface area contributed by atoms with Crippen molar-refractivity contribution in [3.8, 4) is 0 Å². The Bertz CT molecular complexity index is 701. The van der Waals surface area contributed by atoms with Gasteiger partial charge in [-0.15, -0.1) is 0 Å². The summed E-state index contributed by atoms with van der Waals surface area (Å²) in [6.07, 6.45) is -44.3. The van der Waals surface area contributed by atoms with Crippen molar-refractivity contribution in [2.45, 2.75) is 95.8 Å². The number of rotatable bonds is 16. The van der Waals surface area contributed by atoms with Gasteiger partial charge < -0.3 is 9.04 Å².